The minimum absolute atomic E-state index is 0.231. The Morgan fingerprint density at radius 2 is 1.88 bits per heavy atom. The van der Waals surface area contributed by atoms with E-state index in [0.29, 0.717) is 5.56 Å². The van der Waals surface area contributed by atoms with Gasteiger partial charge >= 0.3 is 0 Å². The zero-order chi connectivity index (χ0) is 12.5. The smallest absolute Gasteiger partial charge is 0.253 e. The Kier molecular flexibility index (Phi) is 6.33. The second kappa shape index (κ2) is 7.85. The molecule has 0 radical (unpaired) electrons. The molecular weight excluding hydrogens is 214 g/mol. The van der Waals surface area contributed by atoms with Gasteiger partial charge in [0.05, 0.1) is 0 Å². The van der Waals surface area contributed by atoms with Crippen LogP contribution in [0.15, 0.2) is 24.3 Å². The number of rotatable bonds is 7. The highest BCUT2D eigenvalue weighted by atomic mass is 16.3. The summed E-state index contributed by atoms with van der Waals surface area (Å²) in [5.74, 6) is -0.231. The second-order valence-corrected chi connectivity index (χ2v) is 4.17. The molecule has 0 atom stereocenters. The van der Waals surface area contributed by atoms with Gasteiger partial charge in [-0.05, 0) is 30.5 Å². The van der Waals surface area contributed by atoms with Crippen LogP contribution in [0.4, 0.5) is 0 Å². The molecule has 17 heavy (non-hydrogen) atoms. The molecule has 0 aromatic heterocycles. The van der Waals surface area contributed by atoms with Crippen molar-refractivity contribution in [3.05, 3.63) is 35.4 Å². The summed E-state index contributed by atoms with van der Waals surface area (Å²) in [7, 11) is 0. The Labute approximate surface area is 103 Å². The molecule has 0 saturated heterocycles. The summed E-state index contributed by atoms with van der Waals surface area (Å²) >= 11 is 0. The largest absolute Gasteiger partial charge is 0.376 e. The summed E-state index contributed by atoms with van der Waals surface area (Å²) in [6.07, 6.45) is 6.08. The highest BCUT2D eigenvalue weighted by Crippen LogP contribution is 2.09. The summed E-state index contributed by atoms with van der Waals surface area (Å²) in [5, 5.41) is 10.9. The van der Waals surface area contributed by atoms with E-state index in [2.05, 4.69) is 12.2 Å². The summed E-state index contributed by atoms with van der Waals surface area (Å²) in [6, 6.07) is 7.58. The van der Waals surface area contributed by atoms with E-state index in [1.54, 1.807) is 12.1 Å². The predicted octanol–water partition coefficient (Wildman–Crippen LogP) is 2.49. The lowest BCUT2D eigenvalue weighted by atomic mass is 10.0. The number of benzene rings is 1. The molecule has 1 rings (SSSR count). The van der Waals surface area contributed by atoms with Gasteiger partial charge in [0.1, 0.15) is 6.73 Å². The molecule has 0 unspecified atom stereocenters. The van der Waals surface area contributed by atoms with Gasteiger partial charge in [-0.25, -0.2) is 0 Å². The third kappa shape index (κ3) is 5.00. The molecule has 3 nitrogen and oxygen atoms in total. The van der Waals surface area contributed by atoms with Crippen LogP contribution >= 0.6 is 0 Å². The molecule has 0 bridgehead atoms. The maximum atomic E-state index is 11.4. The highest BCUT2D eigenvalue weighted by Gasteiger charge is 2.03. The van der Waals surface area contributed by atoms with E-state index in [4.69, 9.17) is 5.11 Å². The number of hydrogen-bond acceptors (Lipinski definition) is 2. The van der Waals surface area contributed by atoms with Crippen LogP contribution in [-0.2, 0) is 6.42 Å². The number of aryl methyl sites for hydroxylation is 1. The monoisotopic (exact) mass is 235 g/mol. The van der Waals surface area contributed by atoms with Crippen LogP contribution < -0.4 is 5.32 Å². The summed E-state index contributed by atoms with van der Waals surface area (Å²) in [6.45, 7) is 1.88. The first kappa shape index (κ1) is 13.7. The Balaban J connectivity index is 2.42. The molecule has 94 valence electrons. The third-order valence-corrected chi connectivity index (χ3v) is 2.77. The van der Waals surface area contributed by atoms with Crippen LogP contribution in [0.3, 0.4) is 0 Å². The summed E-state index contributed by atoms with van der Waals surface area (Å²) < 4.78 is 0. The summed E-state index contributed by atoms with van der Waals surface area (Å²) in [4.78, 5) is 11.4. The fourth-order valence-corrected chi connectivity index (χ4v) is 1.75. The maximum absolute atomic E-state index is 11.4. The number of aliphatic hydroxyl groups is 1. The molecule has 0 aliphatic heterocycles. The van der Waals surface area contributed by atoms with Crippen molar-refractivity contribution < 1.29 is 9.90 Å². The van der Waals surface area contributed by atoms with Crippen LogP contribution in [0.2, 0.25) is 0 Å². The lowest BCUT2D eigenvalue weighted by molar-refractivity contribution is 0.0910. The first-order valence-corrected chi connectivity index (χ1v) is 6.26. The fourth-order valence-electron chi connectivity index (χ4n) is 1.75. The van der Waals surface area contributed by atoms with Crippen LogP contribution in [0.25, 0.3) is 0 Å². The second-order valence-electron chi connectivity index (χ2n) is 4.17. The molecule has 0 aliphatic carbocycles. The molecule has 0 heterocycles. The van der Waals surface area contributed by atoms with E-state index in [0.717, 1.165) is 6.42 Å². The molecule has 0 fully saturated rings. The number of amides is 1. The van der Waals surface area contributed by atoms with Gasteiger partial charge in [0, 0.05) is 5.56 Å². The quantitative estimate of drug-likeness (QED) is 0.563. The molecular formula is C14H21NO2. The van der Waals surface area contributed by atoms with Crippen LogP contribution in [0.5, 0.6) is 0 Å². The number of carbonyl (C=O) groups excluding carboxylic acids is 1. The van der Waals surface area contributed by atoms with Crippen molar-refractivity contribution in [2.75, 3.05) is 6.73 Å². The zero-order valence-corrected chi connectivity index (χ0v) is 10.4. The van der Waals surface area contributed by atoms with Gasteiger partial charge in [-0.15, -0.1) is 0 Å². The lowest BCUT2D eigenvalue weighted by Gasteiger charge is -2.04. The van der Waals surface area contributed by atoms with Gasteiger partial charge in [0.2, 0.25) is 0 Å². The van der Waals surface area contributed by atoms with E-state index in [9.17, 15) is 4.79 Å². The van der Waals surface area contributed by atoms with Gasteiger partial charge in [-0.2, -0.15) is 0 Å². The van der Waals surface area contributed by atoms with Gasteiger partial charge in [0.25, 0.3) is 5.91 Å². The highest BCUT2D eigenvalue weighted by molar-refractivity contribution is 5.94. The molecule has 0 saturated carbocycles. The average Bonchev–Trinajstić information content (AvgIpc) is 2.36. The normalized spacial score (nSPS) is 10.2. The fraction of sp³-hybridized carbons (Fsp3) is 0.500. The third-order valence-electron chi connectivity index (χ3n) is 2.77. The lowest BCUT2D eigenvalue weighted by Crippen LogP contribution is -2.23. The average molecular weight is 235 g/mol. The molecule has 1 aromatic rings. The van der Waals surface area contributed by atoms with E-state index in [-0.39, 0.29) is 12.6 Å². The number of hydrogen-bond donors (Lipinski definition) is 2. The topological polar surface area (TPSA) is 49.3 Å². The number of unbranched alkanes of at least 4 members (excludes halogenated alkanes) is 3. The Morgan fingerprint density at radius 1 is 1.18 bits per heavy atom. The van der Waals surface area contributed by atoms with Crippen molar-refractivity contribution in [3.8, 4) is 0 Å². The van der Waals surface area contributed by atoms with Crippen molar-refractivity contribution in [1.29, 1.82) is 0 Å². The van der Waals surface area contributed by atoms with Crippen LogP contribution in [-0.4, -0.2) is 17.7 Å². The van der Waals surface area contributed by atoms with Gasteiger partial charge < -0.3 is 10.4 Å². The molecule has 0 spiro atoms. The number of carbonyl (C=O) groups is 1. The van der Waals surface area contributed by atoms with Crippen molar-refractivity contribution in [2.45, 2.75) is 39.0 Å². The van der Waals surface area contributed by atoms with Crippen molar-refractivity contribution in [3.63, 3.8) is 0 Å². The Bertz CT molecular complexity index is 333. The maximum Gasteiger partial charge on any atom is 0.253 e. The molecule has 1 aromatic carbocycles. The zero-order valence-electron chi connectivity index (χ0n) is 10.4. The summed E-state index contributed by atoms with van der Waals surface area (Å²) in [5.41, 5.74) is 1.86. The first-order valence-electron chi connectivity index (χ1n) is 6.26. The Morgan fingerprint density at radius 3 is 2.47 bits per heavy atom. The van der Waals surface area contributed by atoms with Crippen LogP contribution in [0, 0.1) is 0 Å². The van der Waals surface area contributed by atoms with E-state index in [1.807, 2.05) is 12.1 Å². The SMILES string of the molecule is CCCCCCc1ccc(C(=O)NCO)cc1. The first-order chi connectivity index (χ1) is 8.27. The number of nitrogens with one attached hydrogen (secondary N) is 1. The van der Waals surface area contributed by atoms with E-state index in [1.165, 1.54) is 31.2 Å². The molecule has 0 aliphatic rings. The van der Waals surface area contributed by atoms with Gasteiger partial charge in [-0.1, -0.05) is 38.3 Å². The Hall–Kier alpha value is -1.35. The molecule has 1 amide bonds. The minimum atomic E-state index is -0.322. The molecule has 2 N–H and O–H groups in total. The van der Waals surface area contributed by atoms with Crippen LogP contribution in [0.1, 0.15) is 48.5 Å². The predicted molar refractivity (Wildman–Crippen MR) is 68.8 cm³/mol. The van der Waals surface area contributed by atoms with Crippen molar-refractivity contribution in [1.82, 2.24) is 5.32 Å². The number of aliphatic hydroxyl groups excluding tert-OH is 1. The van der Waals surface area contributed by atoms with Crippen molar-refractivity contribution >= 4 is 5.91 Å². The van der Waals surface area contributed by atoms with Gasteiger partial charge in [0.15, 0.2) is 0 Å². The standard InChI is InChI=1S/C14H21NO2/c1-2-3-4-5-6-12-7-9-13(10-8-12)14(17)15-11-16/h7-10,16H,2-6,11H2,1H3,(H,15,17). The van der Waals surface area contributed by atoms with Crippen molar-refractivity contribution in [2.24, 2.45) is 0 Å². The van der Waals surface area contributed by atoms with E-state index < -0.39 is 0 Å². The van der Waals surface area contributed by atoms with E-state index >= 15 is 0 Å². The molecule has 3 heteroatoms. The van der Waals surface area contributed by atoms with Gasteiger partial charge in [-0.3, -0.25) is 4.79 Å². The minimum Gasteiger partial charge on any atom is -0.376 e.